The van der Waals surface area contributed by atoms with Crippen molar-refractivity contribution < 1.29 is 13.9 Å². The van der Waals surface area contributed by atoms with Crippen molar-refractivity contribution in [2.45, 2.75) is 32.9 Å². The number of esters is 1. The topological polar surface area (TPSA) is 69.3 Å². The average molecular weight is 416 g/mol. The number of halogens is 1. The van der Waals surface area contributed by atoms with E-state index in [1.54, 1.807) is 6.26 Å². The smallest absolute Gasteiger partial charge is 0.338 e. The van der Waals surface area contributed by atoms with Crippen LogP contribution in [0.15, 0.2) is 56.8 Å². The SMILES string of the molecule is CC1=C(C(=O)OC(C)C)[C@@H](c2ccco2)n2c(nc3cc(Br)ccc32)N1. The maximum absolute atomic E-state index is 12.8. The number of carbonyl (C=O) groups excluding carboxylic acids is 1. The molecule has 1 N–H and O–H groups in total. The van der Waals surface area contributed by atoms with E-state index >= 15 is 0 Å². The minimum atomic E-state index is -0.446. The van der Waals surface area contributed by atoms with E-state index in [0.717, 1.165) is 15.5 Å². The van der Waals surface area contributed by atoms with Crippen LogP contribution in [0.25, 0.3) is 11.0 Å². The molecule has 0 saturated carbocycles. The number of ether oxygens (including phenoxy) is 1. The van der Waals surface area contributed by atoms with Gasteiger partial charge in [0.05, 0.1) is 29.0 Å². The minimum Gasteiger partial charge on any atom is -0.467 e. The Hall–Kier alpha value is -2.54. The van der Waals surface area contributed by atoms with Crippen molar-refractivity contribution in [1.29, 1.82) is 0 Å². The number of hydrogen-bond acceptors (Lipinski definition) is 5. The molecule has 0 saturated heterocycles. The van der Waals surface area contributed by atoms with Crippen molar-refractivity contribution in [3.05, 3.63) is 58.1 Å². The molecule has 0 amide bonds. The summed E-state index contributed by atoms with van der Waals surface area (Å²) in [5, 5.41) is 3.24. The summed E-state index contributed by atoms with van der Waals surface area (Å²) in [6.45, 7) is 5.52. The molecule has 1 atom stereocenters. The molecular formula is C19H18BrN3O3. The molecule has 26 heavy (non-hydrogen) atoms. The number of fused-ring (bicyclic) bond motifs is 3. The Morgan fingerprint density at radius 2 is 2.19 bits per heavy atom. The van der Waals surface area contributed by atoms with Gasteiger partial charge in [0, 0.05) is 10.2 Å². The van der Waals surface area contributed by atoms with E-state index in [-0.39, 0.29) is 12.1 Å². The van der Waals surface area contributed by atoms with Crippen LogP contribution in [0, 0.1) is 0 Å². The molecule has 1 aliphatic heterocycles. The zero-order valence-corrected chi connectivity index (χ0v) is 16.2. The first-order chi connectivity index (χ1) is 12.5. The molecule has 0 aliphatic carbocycles. The molecule has 134 valence electrons. The molecule has 0 spiro atoms. The lowest BCUT2D eigenvalue weighted by atomic mass is 10.00. The van der Waals surface area contributed by atoms with Gasteiger partial charge in [-0.25, -0.2) is 9.78 Å². The first kappa shape index (κ1) is 16.9. The van der Waals surface area contributed by atoms with E-state index in [1.165, 1.54) is 0 Å². The van der Waals surface area contributed by atoms with E-state index in [2.05, 4.69) is 26.2 Å². The molecule has 0 bridgehead atoms. The summed E-state index contributed by atoms with van der Waals surface area (Å²) in [6.07, 6.45) is 1.39. The molecule has 1 aromatic carbocycles. The monoisotopic (exact) mass is 415 g/mol. The number of imidazole rings is 1. The molecule has 4 rings (SSSR count). The van der Waals surface area contributed by atoms with Gasteiger partial charge in [0.15, 0.2) is 0 Å². The van der Waals surface area contributed by atoms with E-state index in [9.17, 15) is 4.79 Å². The van der Waals surface area contributed by atoms with Gasteiger partial charge in [0.25, 0.3) is 0 Å². The van der Waals surface area contributed by atoms with Gasteiger partial charge in [0.1, 0.15) is 11.8 Å². The molecule has 0 fully saturated rings. The predicted molar refractivity (Wildman–Crippen MR) is 102 cm³/mol. The zero-order chi connectivity index (χ0) is 18.4. The Kier molecular flexibility index (Phi) is 4.11. The quantitative estimate of drug-likeness (QED) is 0.631. The Bertz CT molecular complexity index is 1020. The fourth-order valence-corrected chi connectivity index (χ4v) is 3.60. The second-order valence-corrected chi connectivity index (χ2v) is 7.39. The lowest BCUT2D eigenvalue weighted by Gasteiger charge is -2.29. The summed E-state index contributed by atoms with van der Waals surface area (Å²) in [4.78, 5) is 17.5. The first-order valence-corrected chi connectivity index (χ1v) is 9.14. The maximum Gasteiger partial charge on any atom is 0.338 e. The van der Waals surface area contributed by atoms with Crippen LogP contribution < -0.4 is 5.32 Å². The summed E-state index contributed by atoms with van der Waals surface area (Å²) in [5.74, 6) is 0.958. The highest BCUT2D eigenvalue weighted by atomic mass is 79.9. The lowest BCUT2D eigenvalue weighted by molar-refractivity contribution is -0.143. The Labute approximate surface area is 159 Å². The van der Waals surface area contributed by atoms with Crippen molar-refractivity contribution in [3.63, 3.8) is 0 Å². The summed E-state index contributed by atoms with van der Waals surface area (Å²) in [5.41, 5.74) is 2.95. The number of nitrogens with zero attached hydrogens (tertiary/aromatic N) is 2. The second kappa shape index (κ2) is 6.32. The van der Waals surface area contributed by atoms with Crippen LogP contribution in [0.5, 0.6) is 0 Å². The lowest BCUT2D eigenvalue weighted by Crippen LogP contribution is -2.29. The van der Waals surface area contributed by atoms with Crippen molar-refractivity contribution in [2.24, 2.45) is 0 Å². The van der Waals surface area contributed by atoms with Gasteiger partial charge >= 0.3 is 5.97 Å². The van der Waals surface area contributed by atoms with Gasteiger partial charge < -0.3 is 14.5 Å². The largest absolute Gasteiger partial charge is 0.467 e. The van der Waals surface area contributed by atoms with Crippen LogP contribution in [0.2, 0.25) is 0 Å². The van der Waals surface area contributed by atoms with Gasteiger partial charge in [-0.15, -0.1) is 0 Å². The molecule has 6 nitrogen and oxygen atoms in total. The fourth-order valence-electron chi connectivity index (χ4n) is 3.25. The van der Waals surface area contributed by atoms with Crippen LogP contribution in [0.4, 0.5) is 5.95 Å². The number of aromatic nitrogens is 2. The van der Waals surface area contributed by atoms with Gasteiger partial charge in [-0.05, 0) is 51.1 Å². The second-order valence-electron chi connectivity index (χ2n) is 6.47. The Morgan fingerprint density at radius 3 is 2.88 bits per heavy atom. The third-order valence-electron chi connectivity index (χ3n) is 4.26. The van der Waals surface area contributed by atoms with Crippen LogP contribution in [0.3, 0.4) is 0 Å². The standard InChI is InChI=1S/C19H18BrN3O3/c1-10(2)26-18(24)16-11(3)21-19-22-13-9-12(20)6-7-14(13)23(19)17(16)15-5-4-8-25-15/h4-10,17H,1-3H3,(H,21,22)/t17-/m1/s1. The summed E-state index contributed by atoms with van der Waals surface area (Å²) in [6, 6.07) is 9.10. The molecule has 3 heterocycles. The van der Waals surface area contributed by atoms with Crippen molar-refractivity contribution >= 4 is 38.9 Å². The average Bonchev–Trinajstić information content (AvgIpc) is 3.19. The van der Waals surface area contributed by atoms with Gasteiger partial charge in [-0.2, -0.15) is 0 Å². The number of carbonyl (C=O) groups is 1. The third-order valence-corrected chi connectivity index (χ3v) is 4.76. The molecule has 2 aromatic heterocycles. The maximum atomic E-state index is 12.8. The van der Waals surface area contributed by atoms with Gasteiger partial charge in [-0.1, -0.05) is 15.9 Å². The van der Waals surface area contributed by atoms with Gasteiger partial charge in [0.2, 0.25) is 5.95 Å². The zero-order valence-electron chi connectivity index (χ0n) is 14.6. The number of nitrogens with one attached hydrogen (secondary N) is 1. The van der Waals surface area contributed by atoms with Crippen molar-refractivity contribution in [2.75, 3.05) is 5.32 Å². The van der Waals surface area contributed by atoms with Crippen LogP contribution in [-0.4, -0.2) is 21.6 Å². The Balaban J connectivity index is 1.94. The molecular weight excluding hydrogens is 398 g/mol. The van der Waals surface area contributed by atoms with Crippen LogP contribution in [0.1, 0.15) is 32.6 Å². The van der Waals surface area contributed by atoms with Crippen molar-refractivity contribution in [3.8, 4) is 0 Å². The minimum absolute atomic E-state index is 0.211. The normalized spacial score (nSPS) is 16.7. The number of furan rings is 1. The molecule has 1 aliphatic rings. The highest BCUT2D eigenvalue weighted by Crippen LogP contribution is 2.40. The summed E-state index contributed by atoms with van der Waals surface area (Å²) >= 11 is 3.48. The first-order valence-electron chi connectivity index (χ1n) is 8.35. The number of anilines is 1. The van der Waals surface area contributed by atoms with E-state index in [1.807, 2.05) is 55.7 Å². The fraction of sp³-hybridized carbons (Fsp3) is 0.263. The third kappa shape index (κ3) is 2.72. The Morgan fingerprint density at radius 1 is 1.38 bits per heavy atom. The van der Waals surface area contributed by atoms with Crippen molar-refractivity contribution in [1.82, 2.24) is 9.55 Å². The summed E-state index contributed by atoms with van der Waals surface area (Å²) in [7, 11) is 0. The summed E-state index contributed by atoms with van der Waals surface area (Å²) < 4.78 is 14.1. The molecule has 0 radical (unpaired) electrons. The van der Waals surface area contributed by atoms with E-state index in [4.69, 9.17) is 9.15 Å². The number of benzene rings is 1. The molecule has 0 unspecified atom stereocenters. The van der Waals surface area contributed by atoms with Gasteiger partial charge in [-0.3, -0.25) is 4.57 Å². The molecule has 7 heteroatoms. The predicted octanol–water partition coefficient (Wildman–Crippen LogP) is 4.63. The number of rotatable bonds is 3. The highest BCUT2D eigenvalue weighted by molar-refractivity contribution is 9.10. The van der Waals surface area contributed by atoms with E-state index < -0.39 is 6.04 Å². The number of allylic oxidation sites excluding steroid dienone is 1. The number of hydrogen-bond donors (Lipinski definition) is 1. The van der Waals surface area contributed by atoms with Crippen LogP contribution in [-0.2, 0) is 9.53 Å². The molecule has 3 aromatic rings. The van der Waals surface area contributed by atoms with Crippen LogP contribution >= 0.6 is 15.9 Å². The van der Waals surface area contributed by atoms with E-state index in [0.29, 0.717) is 23.0 Å². The highest BCUT2D eigenvalue weighted by Gasteiger charge is 2.36.